The molecule has 0 N–H and O–H groups in total. The zero-order valence-electron chi connectivity index (χ0n) is 14.0. The van der Waals surface area contributed by atoms with Crippen molar-refractivity contribution in [2.45, 2.75) is 20.4 Å². The number of nitrogens with zero attached hydrogens (tertiary/aromatic N) is 1. The third kappa shape index (κ3) is 4.33. The minimum atomic E-state index is -10.7. The van der Waals surface area contributed by atoms with Crippen LogP contribution in [0.25, 0.3) is 27.2 Å². The van der Waals surface area contributed by atoms with Crippen LogP contribution in [0, 0.1) is 0 Å². The predicted octanol–water partition coefficient (Wildman–Crippen LogP) is 7.47. The molecule has 0 aliphatic carbocycles. The summed E-state index contributed by atoms with van der Waals surface area (Å²) in [4.78, 5) is 0. The van der Waals surface area contributed by atoms with E-state index in [9.17, 15) is 25.2 Å². The molecule has 1 aromatic heterocycles. The van der Waals surface area contributed by atoms with E-state index in [0.717, 1.165) is 6.54 Å². The maximum atomic E-state index is 9.87. The van der Waals surface area contributed by atoms with Crippen LogP contribution in [-0.4, -0.2) is 0 Å². The van der Waals surface area contributed by atoms with E-state index in [2.05, 4.69) is 67.1 Å². The fourth-order valence-corrected chi connectivity index (χ4v) is 3.21. The molecular formula is C18H16F6NP. The van der Waals surface area contributed by atoms with Crippen molar-refractivity contribution in [3.05, 3.63) is 59.8 Å². The first-order valence-corrected chi connectivity index (χ1v) is 9.80. The van der Waals surface area contributed by atoms with Gasteiger partial charge in [0.15, 0.2) is 12.7 Å². The molecule has 26 heavy (non-hydrogen) atoms. The molecule has 1 nitrogen and oxygen atoms in total. The topological polar surface area (TPSA) is 3.88 Å². The van der Waals surface area contributed by atoms with Crippen LogP contribution in [0.2, 0.25) is 0 Å². The van der Waals surface area contributed by atoms with Crippen molar-refractivity contribution in [1.29, 1.82) is 0 Å². The van der Waals surface area contributed by atoms with Gasteiger partial charge in [-0.25, -0.2) is 0 Å². The SMILES string of the molecule is CC(C)=C1C[n+]2cccc3ccc4cccc1c4c32.F[P-](F)(F)(F)(F)F. The number of rotatable bonds is 0. The molecule has 140 valence electrons. The Balaban J connectivity index is 0.000000242. The Morgan fingerprint density at radius 1 is 0.846 bits per heavy atom. The maximum absolute atomic E-state index is 10.7. The molecule has 1 aliphatic rings. The number of halogens is 6. The molecule has 0 fully saturated rings. The van der Waals surface area contributed by atoms with Crippen molar-refractivity contribution in [3.63, 3.8) is 0 Å². The molecule has 0 radical (unpaired) electrons. The quantitative estimate of drug-likeness (QED) is 0.162. The summed E-state index contributed by atoms with van der Waals surface area (Å²) in [5, 5.41) is 4.07. The van der Waals surface area contributed by atoms with Gasteiger partial charge in [-0.15, -0.1) is 0 Å². The van der Waals surface area contributed by atoms with Gasteiger partial charge in [0.05, 0.1) is 5.39 Å². The number of aromatic nitrogens is 1. The average molecular weight is 391 g/mol. The summed E-state index contributed by atoms with van der Waals surface area (Å²) < 4.78 is 61.6. The van der Waals surface area contributed by atoms with Crippen LogP contribution in [-0.2, 0) is 6.54 Å². The van der Waals surface area contributed by atoms with Gasteiger partial charge < -0.3 is 0 Å². The van der Waals surface area contributed by atoms with Crippen molar-refractivity contribution < 1.29 is 29.7 Å². The first-order valence-electron chi connectivity index (χ1n) is 7.78. The monoisotopic (exact) mass is 391 g/mol. The Bertz CT molecular complexity index is 1050. The fourth-order valence-electron chi connectivity index (χ4n) is 3.21. The number of allylic oxidation sites excluding steroid dienone is 2. The Labute approximate surface area is 145 Å². The molecule has 0 spiro atoms. The Hall–Kier alpha value is -2.14. The molecule has 0 unspecified atom stereocenters. The number of pyridine rings is 1. The molecule has 8 heteroatoms. The number of benzene rings is 2. The molecule has 4 rings (SSSR count). The van der Waals surface area contributed by atoms with Crippen LogP contribution in [0.5, 0.6) is 0 Å². The van der Waals surface area contributed by atoms with Crippen LogP contribution in [0.3, 0.4) is 0 Å². The minimum absolute atomic E-state index is 0.982. The van der Waals surface area contributed by atoms with Gasteiger partial charge in [-0.3, -0.25) is 0 Å². The summed E-state index contributed by atoms with van der Waals surface area (Å²) in [7, 11) is -10.7. The summed E-state index contributed by atoms with van der Waals surface area (Å²) in [6.07, 6.45) is 2.20. The van der Waals surface area contributed by atoms with Crippen LogP contribution in [0.4, 0.5) is 25.2 Å². The fraction of sp³-hybridized carbons (Fsp3) is 0.167. The van der Waals surface area contributed by atoms with Crippen LogP contribution >= 0.6 is 7.81 Å². The first-order chi connectivity index (χ1) is 11.7. The molecule has 2 heterocycles. The molecule has 0 amide bonds. The summed E-state index contributed by atoms with van der Waals surface area (Å²) in [5.74, 6) is 0. The molecular weight excluding hydrogens is 375 g/mol. The van der Waals surface area contributed by atoms with E-state index in [4.69, 9.17) is 0 Å². The van der Waals surface area contributed by atoms with Gasteiger partial charge in [0.25, 0.3) is 0 Å². The van der Waals surface area contributed by atoms with Gasteiger partial charge in [-0.05, 0) is 36.9 Å². The van der Waals surface area contributed by atoms with E-state index in [1.54, 1.807) is 0 Å². The zero-order chi connectivity index (χ0) is 19.4. The van der Waals surface area contributed by atoms with Crippen molar-refractivity contribution in [2.75, 3.05) is 0 Å². The third-order valence-corrected chi connectivity index (χ3v) is 4.14. The van der Waals surface area contributed by atoms with Crippen molar-refractivity contribution >= 4 is 35.1 Å². The normalized spacial score (nSPS) is 16.1. The molecule has 0 saturated heterocycles. The van der Waals surface area contributed by atoms with E-state index < -0.39 is 7.81 Å². The first kappa shape index (κ1) is 18.6. The van der Waals surface area contributed by atoms with E-state index in [-0.39, 0.29) is 0 Å². The van der Waals surface area contributed by atoms with Gasteiger partial charge in [0.2, 0.25) is 5.52 Å². The van der Waals surface area contributed by atoms with E-state index >= 15 is 0 Å². The average Bonchev–Trinajstić information content (AvgIpc) is 2.49. The van der Waals surface area contributed by atoms with Crippen LogP contribution in [0.1, 0.15) is 19.4 Å². The van der Waals surface area contributed by atoms with Crippen LogP contribution in [0.15, 0.2) is 54.2 Å². The third-order valence-electron chi connectivity index (χ3n) is 4.14. The summed E-state index contributed by atoms with van der Waals surface area (Å²) >= 11 is 0. The predicted molar refractivity (Wildman–Crippen MR) is 93.5 cm³/mol. The molecule has 1 aliphatic heterocycles. The molecule has 0 saturated carbocycles. The summed E-state index contributed by atoms with van der Waals surface area (Å²) in [6.45, 7) is 5.40. The summed E-state index contributed by atoms with van der Waals surface area (Å²) in [6, 6.07) is 15.5. The van der Waals surface area contributed by atoms with Gasteiger partial charge >= 0.3 is 33.0 Å². The second-order valence-corrected chi connectivity index (χ2v) is 8.40. The number of hydrogen-bond donors (Lipinski definition) is 0. The zero-order valence-corrected chi connectivity index (χ0v) is 14.9. The van der Waals surface area contributed by atoms with E-state index in [1.165, 1.54) is 38.4 Å². The van der Waals surface area contributed by atoms with Crippen molar-refractivity contribution in [1.82, 2.24) is 0 Å². The van der Waals surface area contributed by atoms with E-state index in [0.29, 0.717) is 0 Å². The van der Waals surface area contributed by atoms with Crippen molar-refractivity contribution in [2.24, 2.45) is 0 Å². The second kappa shape index (κ2) is 5.19. The Morgan fingerprint density at radius 3 is 2.04 bits per heavy atom. The Kier molecular flexibility index (Phi) is 3.72. The standard InChI is InChI=1S/C18H16N.F6P/c1-12(2)16-11-19-10-4-6-14-9-8-13-5-3-7-15(16)17(13)18(14)19;1-7(2,3,4,5)6/h3-10H,11H2,1-2H3;/q+1;-1. The van der Waals surface area contributed by atoms with Gasteiger partial charge in [-0.2, -0.15) is 4.57 Å². The molecule has 0 bridgehead atoms. The molecule has 2 aromatic carbocycles. The van der Waals surface area contributed by atoms with Crippen molar-refractivity contribution in [3.8, 4) is 0 Å². The second-order valence-electron chi connectivity index (χ2n) is 6.48. The van der Waals surface area contributed by atoms with Gasteiger partial charge in [0, 0.05) is 17.0 Å². The molecule has 3 aromatic rings. The van der Waals surface area contributed by atoms with Gasteiger partial charge in [0.1, 0.15) is 0 Å². The van der Waals surface area contributed by atoms with Crippen LogP contribution < -0.4 is 4.57 Å². The Morgan fingerprint density at radius 2 is 1.42 bits per heavy atom. The number of hydrogen-bond acceptors (Lipinski definition) is 0. The van der Waals surface area contributed by atoms with E-state index in [1.807, 2.05) is 0 Å². The molecule has 0 atom stereocenters. The summed E-state index contributed by atoms with van der Waals surface area (Å²) in [5.41, 5.74) is 5.66. The van der Waals surface area contributed by atoms with Gasteiger partial charge in [-0.1, -0.05) is 29.8 Å².